The van der Waals surface area contributed by atoms with Gasteiger partial charge in [-0.3, -0.25) is 4.79 Å². The van der Waals surface area contributed by atoms with Crippen molar-refractivity contribution in [3.63, 3.8) is 0 Å². The van der Waals surface area contributed by atoms with Crippen molar-refractivity contribution < 1.29 is 9.53 Å². The first-order chi connectivity index (χ1) is 7.37. The van der Waals surface area contributed by atoms with Gasteiger partial charge in [0.2, 0.25) is 5.13 Å². The summed E-state index contributed by atoms with van der Waals surface area (Å²) >= 11 is 1.36. The van der Waals surface area contributed by atoms with Crippen molar-refractivity contribution in [1.82, 2.24) is 10.2 Å². The number of nitrogens with two attached hydrogens (primary N) is 1. The number of nitrogen functional groups attached to an aromatic ring is 1. The molecule has 1 rings (SSSR count). The van der Waals surface area contributed by atoms with E-state index >= 15 is 0 Å². The number of ether oxygens (including phenoxy) is 1. The molecule has 0 atom stereocenters. The van der Waals surface area contributed by atoms with E-state index in [1.54, 1.807) is 0 Å². The highest BCUT2D eigenvalue weighted by Gasteiger charge is 2.15. The lowest BCUT2D eigenvalue weighted by Crippen LogP contribution is -2.23. The van der Waals surface area contributed by atoms with Crippen LogP contribution in [0.3, 0.4) is 0 Å². The van der Waals surface area contributed by atoms with E-state index in [-0.39, 0.29) is 5.97 Å². The molecular formula is C10H17N3O2S. The molecule has 0 aliphatic heterocycles. The predicted molar refractivity (Wildman–Crippen MR) is 63.1 cm³/mol. The van der Waals surface area contributed by atoms with Gasteiger partial charge < -0.3 is 10.5 Å². The van der Waals surface area contributed by atoms with Crippen molar-refractivity contribution in [2.45, 2.75) is 45.6 Å². The average molecular weight is 243 g/mol. The van der Waals surface area contributed by atoms with E-state index in [1.165, 1.54) is 11.3 Å². The standard InChI is InChI=1S/C10H17N3O2S/c1-10(2,3)15-8(14)6-4-5-7-12-13-9(11)16-7/h4-6H2,1-3H3,(H2,11,13). The van der Waals surface area contributed by atoms with Crippen LogP contribution in [0.1, 0.15) is 38.6 Å². The van der Waals surface area contributed by atoms with Crippen LogP contribution in [0.2, 0.25) is 0 Å². The Balaban J connectivity index is 2.23. The molecule has 0 unspecified atom stereocenters. The molecule has 90 valence electrons. The van der Waals surface area contributed by atoms with Gasteiger partial charge in [-0.15, -0.1) is 10.2 Å². The Morgan fingerprint density at radius 1 is 1.44 bits per heavy atom. The summed E-state index contributed by atoms with van der Waals surface area (Å²) in [5.41, 5.74) is 5.03. The number of esters is 1. The molecule has 1 aromatic heterocycles. The van der Waals surface area contributed by atoms with Crippen LogP contribution in [-0.2, 0) is 16.0 Å². The van der Waals surface area contributed by atoms with Crippen molar-refractivity contribution in [3.8, 4) is 0 Å². The molecule has 0 saturated carbocycles. The lowest BCUT2D eigenvalue weighted by atomic mass is 10.2. The average Bonchev–Trinajstić information content (AvgIpc) is 2.48. The number of anilines is 1. The van der Waals surface area contributed by atoms with Gasteiger partial charge in [-0.05, 0) is 27.2 Å². The molecule has 0 aromatic carbocycles. The third-order valence-electron chi connectivity index (χ3n) is 1.67. The Hall–Kier alpha value is -1.17. The van der Waals surface area contributed by atoms with Gasteiger partial charge >= 0.3 is 5.97 Å². The van der Waals surface area contributed by atoms with Crippen molar-refractivity contribution in [1.29, 1.82) is 0 Å². The third kappa shape index (κ3) is 5.06. The molecule has 0 fully saturated rings. The maximum Gasteiger partial charge on any atom is 0.306 e. The van der Waals surface area contributed by atoms with E-state index in [0.717, 1.165) is 5.01 Å². The Morgan fingerprint density at radius 2 is 2.12 bits per heavy atom. The summed E-state index contributed by atoms with van der Waals surface area (Å²) < 4.78 is 5.18. The first-order valence-electron chi connectivity index (χ1n) is 5.16. The van der Waals surface area contributed by atoms with Crippen LogP contribution < -0.4 is 5.73 Å². The van der Waals surface area contributed by atoms with Gasteiger partial charge in [-0.2, -0.15) is 0 Å². The Bertz CT molecular complexity index is 357. The number of carbonyl (C=O) groups is 1. The molecular weight excluding hydrogens is 226 g/mol. The lowest BCUT2D eigenvalue weighted by molar-refractivity contribution is -0.154. The summed E-state index contributed by atoms with van der Waals surface area (Å²) in [6.07, 6.45) is 1.83. The molecule has 0 bridgehead atoms. The molecule has 0 radical (unpaired) electrons. The molecule has 0 amide bonds. The highest BCUT2D eigenvalue weighted by Crippen LogP contribution is 2.14. The third-order valence-corrected chi connectivity index (χ3v) is 2.49. The zero-order chi connectivity index (χ0) is 12.2. The van der Waals surface area contributed by atoms with Gasteiger partial charge in [0.1, 0.15) is 10.6 Å². The van der Waals surface area contributed by atoms with Crippen molar-refractivity contribution in [2.75, 3.05) is 5.73 Å². The zero-order valence-corrected chi connectivity index (χ0v) is 10.6. The summed E-state index contributed by atoms with van der Waals surface area (Å²) in [6, 6.07) is 0. The van der Waals surface area contributed by atoms with E-state index in [1.807, 2.05) is 20.8 Å². The number of aryl methyl sites for hydroxylation is 1. The summed E-state index contributed by atoms with van der Waals surface area (Å²) in [5.74, 6) is -0.176. The first kappa shape index (κ1) is 12.9. The minimum atomic E-state index is -0.412. The van der Waals surface area contributed by atoms with Crippen LogP contribution in [0.25, 0.3) is 0 Å². The number of carbonyl (C=O) groups excluding carboxylic acids is 1. The van der Waals surface area contributed by atoms with Crippen molar-refractivity contribution in [3.05, 3.63) is 5.01 Å². The smallest absolute Gasteiger partial charge is 0.306 e. The lowest BCUT2D eigenvalue weighted by Gasteiger charge is -2.19. The summed E-state index contributed by atoms with van der Waals surface area (Å²) in [4.78, 5) is 11.4. The molecule has 16 heavy (non-hydrogen) atoms. The number of hydrogen-bond donors (Lipinski definition) is 1. The second-order valence-corrected chi connectivity index (χ2v) is 5.57. The molecule has 2 N–H and O–H groups in total. The van der Waals surface area contributed by atoms with E-state index in [9.17, 15) is 4.79 Å². The minimum Gasteiger partial charge on any atom is -0.460 e. The second-order valence-electron chi connectivity index (χ2n) is 4.47. The van der Waals surface area contributed by atoms with Crippen LogP contribution in [-0.4, -0.2) is 21.8 Å². The van der Waals surface area contributed by atoms with Gasteiger partial charge in [0.15, 0.2) is 0 Å². The minimum absolute atomic E-state index is 0.176. The maximum absolute atomic E-state index is 11.4. The van der Waals surface area contributed by atoms with E-state index in [2.05, 4.69) is 10.2 Å². The number of hydrogen-bond acceptors (Lipinski definition) is 6. The number of rotatable bonds is 4. The largest absolute Gasteiger partial charge is 0.460 e. The molecule has 0 saturated heterocycles. The van der Waals surface area contributed by atoms with E-state index < -0.39 is 5.60 Å². The summed E-state index contributed by atoms with van der Waals surface area (Å²) in [6.45, 7) is 5.57. The van der Waals surface area contributed by atoms with Gasteiger partial charge in [-0.1, -0.05) is 11.3 Å². The van der Waals surface area contributed by atoms with E-state index in [0.29, 0.717) is 24.4 Å². The maximum atomic E-state index is 11.4. The van der Waals surface area contributed by atoms with Crippen LogP contribution in [0.4, 0.5) is 5.13 Å². The number of nitrogens with zero attached hydrogens (tertiary/aromatic N) is 2. The van der Waals surface area contributed by atoms with Crippen molar-refractivity contribution in [2.24, 2.45) is 0 Å². The van der Waals surface area contributed by atoms with Gasteiger partial charge in [0.25, 0.3) is 0 Å². The SMILES string of the molecule is CC(C)(C)OC(=O)CCCc1nnc(N)s1. The zero-order valence-electron chi connectivity index (χ0n) is 9.82. The Morgan fingerprint density at radius 3 is 2.62 bits per heavy atom. The fourth-order valence-corrected chi connectivity index (χ4v) is 1.80. The van der Waals surface area contributed by atoms with Gasteiger partial charge in [0.05, 0.1) is 0 Å². The van der Waals surface area contributed by atoms with Crippen LogP contribution in [0.15, 0.2) is 0 Å². The molecule has 0 spiro atoms. The highest BCUT2D eigenvalue weighted by molar-refractivity contribution is 7.15. The van der Waals surface area contributed by atoms with Crippen molar-refractivity contribution >= 4 is 22.4 Å². The molecule has 5 nitrogen and oxygen atoms in total. The van der Waals surface area contributed by atoms with Gasteiger partial charge in [0, 0.05) is 12.8 Å². The monoisotopic (exact) mass is 243 g/mol. The van der Waals surface area contributed by atoms with Crippen LogP contribution >= 0.6 is 11.3 Å². The predicted octanol–water partition coefficient (Wildman–Crippen LogP) is 1.78. The number of aromatic nitrogens is 2. The Labute approximate surface area is 99.0 Å². The Kier molecular flexibility index (Phi) is 4.23. The first-order valence-corrected chi connectivity index (χ1v) is 5.98. The molecule has 0 aliphatic rings. The molecule has 6 heteroatoms. The highest BCUT2D eigenvalue weighted by atomic mass is 32.1. The van der Waals surface area contributed by atoms with E-state index in [4.69, 9.17) is 10.5 Å². The normalized spacial score (nSPS) is 11.4. The van der Waals surface area contributed by atoms with Crippen LogP contribution in [0, 0.1) is 0 Å². The summed E-state index contributed by atoms with van der Waals surface area (Å²) in [5, 5.41) is 8.91. The fraction of sp³-hybridized carbons (Fsp3) is 0.700. The second kappa shape index (κ2) is 5.25. The quantitative estimate of drug-likeness (QED) is 0.816. The fourth-order valence-electron chi connectivity index (χ4n) is 1.14. The molecule has 0 aliphatic carbocycles. The molecule has 1 aromatic rings. The van der Waals surface area contributed by atoms with Crippen LogP contribution in [0.5, 0.6) is 0 Å². The topological polar surface area (TPSA) is 78.1 Å². The summed E-state index contributed by atoms with van der Waals surface area (Å²) in [7, 11) is 0. The molecule has 1 heterocycles. The van der Waals surface area contributed by atoms with Gasteiger partial charge in [-0.25, -0.2) is 0 Å².